The molecule has 2 aromatic heterocycles. The molecule has 110 valence electrons. The van der Waals surface area contributed by atoms with Crippen molar-refractivity contribution < 1.29 is 5.11 Å². The van der Waals surface area contributed by atoms with Crippen LogP contribution in [-0.4, -0.2) is 40.2 Å². The highest BCUT2D eigenvalue weighted by Gasteiger charge is 2.24. The second-order valence-electron chi connectivity index (χ2n) is 4.94. The number of aromatic nitrogens is 2. The number of nitrogens with zero attached hydrogens (tertiary/aromatic N) is 2. The fraction of sp³-hybridized carbons (Fsp3) is 0.462. The number of imidazole rings is 1. The predicted octanol–water partition coefficient (Wildman–Crippen LogP) is 1.19. The van der Waals surface area contributed by atoms with Crippen molar-refractivity contribution >= 4 is 34.0 Å². The Labute approximate surface area is 132 Å². The predicted molar refractivity (Wildman–Crippen MR) is 84.2 cm³/mol. The number of aliphatic hydroxyl groups excluding tert-OH is 1. The van der Waals surface area contributed by atoms with Crippen molar-refractivity contribution in [2.24, 2.45) is 5.92 Å². The van der Waals surface area contributed by atoms with E-state index in [-0.39, 0.29) is 18.5 Å². The van der Waals surface area contributed by atoms with Crippen LogP contribution in [0, 0.1) is 5.92 Å². The smallest absolute Gasteiger partial charge is 0.136 e. The van der Waals surface area contributed by atoms with Crippen LogP contribution in [0.2, 0.25) is 0 Å². The summed E-state index contributed by atoms with van der Waals surface area (Å²) in [5.74, 6) is 0.297. The van der Waals surface area contributed by atoms with Gasteiger partial charge in [0, 0.05) is 42.8 Å². The van der Waals surface area contributed by atoms with Crippen molar-refractivity contribution in [1.29, 1.82) is 0 Å². The summed E-state index contributed by atoms with van der Waals surface area (Å²) in [7, 11) is 0. The lowest BCUT2D eigenvalue weighted by Crippen LogP contribution is -2.30. The molecule has 1 aliphatic rings. The molecule has 0 aromatic carbocycles. The van der Waals surface area contributed by atoms with Crippen molar-refractivity contribution in [3.8, 4) is 0 Å². The summed E-state index contributed by atoms with van der Waals surface area (Å²) < 4.78 is 3.11. The van der Waals surface area contributed by atoms with Gasteiger partial charge in [0.2, 0.25) is 0 Å². The number of hydrogen-bond acceptors (Lipinski definition) is 4. The number of pyridine rings is 1. The third-order valence-electron chi connectivity index (χ3n) is 3.56. The summed E-state index contributed by atoms with van der Waals surface area (Å²) in [5.41, 5.74) is 2.07. The van der Waals surface area contributed by atoms with Crippen LogP contribution in [0.25, 0.3) is 5.65 Å². The Kier molecular flexibility index (Phi) is 5.40. The molecule has 2 aromatic rings. The quantitative estimate of drug-likeness (QED) is 0.765. The van der Waals surface area contributed by atoms with Crippen LogP contribution in [0.1, 0.15) is 5.69 Å². The fourth-order valence-corrected chi connectivity index (χ4v) is 2.79. The van der Waals surface area contributed by atoms with E-state index in [1.54, 1.807) is 0 Å². The van der Waals surface area contributed by atoms with E-state index in [0.29, 0.717) is 12.5 Å². The van der Waals surface area contributed by atoms with Gasteiger partial charge in [-0.2, -0.15) is 0 Å². The van der Waals surface area contributed by atoms with Gasteiger partial charge in [0.1, 0.15) is 5.65 Å². The van der Waals surface area contributed by atoms with Crippen LogP contribution in [0.5, 0.6) is 0 Å². The molecule has 5 nitrogen and oxygen atoms in total. The minimum absolute atomic E-state index is 0. The van der Waals surface area contributed by atoms with E-state index in [0.717, 1.165) is 35.4 Å². The van der Waals surface area contributed by atoms with Gasteiger partial charge in [-0.3, -0.25) is 0 Å². The van der Waals surface area contributed by atoms with Gasteiger partial charge in [-0.15, -0.1) is 12.4 Å². The molecule has 0 radical (unpaired) electrons. The number of halogens is 2. The number of nitrogens with one attached hydrogen (secondary N) is 2. The summed E-state index contributed by atoms with van der Waals surface area (Å²) in [5, 5.41) is 16.3. The number of aliphatic hydroxyl groups is 1. The Balaban J connectivity index is 0.00000147. The van der Waals surface area contributed by atoms with Gasteiger partial charge >= 0.3 is 0 Å². The Morgan fingerprint density at radius 1 is 1.45 bits per heavy atom. The largest absolute Gasteiger partial charge is 0.391 e. The summed E-state index contributed by atoms with van der Waals surface area (Å²) in [4.78, 5) is 4.37. The molecule has 0 bridgehead atoms. The molecule has 3 N–H and O–H groups in total. The lowest BCUT2D eigenvalue weighted by atomic mass is 10.1. The molecule has 1 saturated heterocycles. The highest BCUT2D eigenvalue weighted by molar-refractivity contribution is 9.10. The molecule has 0 spiro atoms. The van der Waals surface area contributed by atoms with Crippen molar-refractivity contribution in [3.05, 3.63) is 34.7 Å². The Bertz CT molecular complexity index is 576. The molecule has 2 atom stereocenters. The molecule has 0 saturated carbocycles. The molecule has 20 heavy (non-hydrogen) atoms. The van der Waals surface area contributed by atoms with Crippen LogP contribution in [0.3, 0.4) is 0 Å². The number of β-amino-alcohol motifs (C(OH)–C–C–N with tert-alkyl or cyclic N) is 1. The Morgan fingerprint density at radius 3 is 3.05 bits per heavy atom. The molecule has 3 rings (SSSR count). The van der Waals surface area contributed by atoms with E-state index in [4.69, 9.17) is 0 Å². The summed E-state index contributed by atoms with van der Waals surface area (Å²) in [6, 6.07) is 3.97. The number of rotatable bonds is 4. The minimum Gasteiger partial charge on any atom is -0.391 e. The highest BCUT2D eigenvalue weighted by atomic mass is 79.9. The summed E-state index contributed by atoms with van der Waals surface area (Å²) in [6.07, 6.45) is 3.67. The van der Waals surface area contributed by atoms with E-state index in [1.165, 1.54) is 0 Å². The maximum atomic E-state index is 9.73. The maximum absolute atomic E-state index is 9.73. The lowest BCUT2D eigenvalue weighted by molar-refractivity contribution is 0.146. The van der Waals surface area contributed by atoms with Crippen LogP contribution in [0.15, 0.2) is 29.0 Å². The lowest BCUT2D eigenvalue weighted by Gasteiger charge is -2.13. The van der Waals surface area contributed by atoms with Gasteiger partial charge in [-0.25, -0.2) is 4.98 Å². The fourth-order valence-electron chi connectivity index (χ4n) is 2.45. The van der Waals surface area contributed by atoms with Gasteiger partial charge in [-0.1, -0.05) is 0 Å². The first kappa shape index (κ1) is 15.7. The zero-order valence-corrected chi connectivity index (χ0v) is 13.3. The van der Waals surface area contributed by atoms with Crippen molar-refractivity contribution in [2.75, 3.05) is 19.6 Å². The average Bonchev–Trinajstić information content (AvgIpc) is 2.97. The average molecular weight is 362 g/mol. The van der Waals surface area contributed by atoms with Gasteiger partial charge in [0.25, 0.3) is 0 Å². The molecular weight excluding hydrogens is 344 g/mol. The van der Waals surface area contributed by atoms with E-state index < -0.39 is 0 Å². The summed E-state index contributed by atoms with van der Waals surface area (Å²) >= 11 is 3.47. The number of fused-ring (bicyclic) bond motifs is 1. The van der Waals surface area contributed by atoms with Crippen LogP contribution >= 0.6 is 28.3 Å². The first-order valence-electron chi connectivity index (χ1n) is 6.45. The van der Waals surface area contributed by atoms with Crippen molar-refractivity contribution in [2.45, 2.75) is 12.6 Å². The highest BCUT2D eigenvalue weighted by Crippen LogP contribution is 2.14. The Morgan fingerprint density at radius 2 is 2.30 bits per heavy atom. The second-order valence-corrected chi connectivity index (χ2v) is 5.86. The Hall–Kier alpha value is -0.660. The normalized spacial score (nSPS) is 22.1. The first-order chi connectivity index (χ1) is 9.24. The van der Waals surface area contributed by atoms with E-state index in [2.05, 4.69) is 35.9 Å². The van der Waals surface area contributed by atoms with Gasteiger partial charge in [0.05, 0.1) is 18.0 Å². The standard InChI is InChI=1S/C13H17BrN4O.ClH/c14-10-1-2-13-17-6-11(18(13)8-10)5-15-3-9-4-16-7-12(9)19;/h1-2,6,8-9,12,15-16,19H,3-5,7H2;1H. The molecular formula is C13H18BrClN4O. The SMILES string of the molecule is Cl.OC1CNCC1CNCc1cnc2ccc(Br)cn12. The maximum Gasteiger partial charge on any atom is 0.136 e. The van der Waals surface area contributed by atoms with E-state index in [9.17, 15) is 5.11 Å². The first-order valence-corrected chi connectivity index (χ1v) is 7.24. The summed E-state index contributed by atoms with van der Waals surface area (Å²) in [6.45, 7) is 3.15. The van der Waals surface area contributed by atoms with Crippen LogP contribution < -0.4 is 10.6 Å². The third kappa shape index (κ3) is 3.32. The monoisotopic (exact) mass is 360 g/mol. The van der Waals surface area contributed by atoms with Gasteiger partial charge < -0.3 is 20.1 Å². The molecule has 1 fully saturated rings. The zero-order valence-electron chi connectivity index (χ0n) is 10.9. The van der Waals surface area contributed by atoms with E-state index >= 15 is 0 Å². The van der Waals surface area contributed by atoms with E-state index in [1.807, 2.05) is 24.5 Å². The molecule has 0 aliphatic carbocycles. The third-order valence-corrected chi connectivity index (χ3v) is 4.03. The van der Waals surface area contributed by atoms with Crippen LogP contribution in [-0.2, 0) is 6.54 Å². The second kappa shape index (κ2) is 6.87. The minimum atomic E-state index is -0.233. The molecule has 0 amide bonds. The molecule has 2 unspecified atom stereocenters. The van der Waals surface area contributed by atoms with Gasteiger partial charge in [-0.05, 0) is 28.1 Å². The molecule has 7 heteroatoms. The molecule has 1 aliphatic heterocycles. The zero-order chi connectivity index (χ0) is 13.2. The van der Waals surface area contributed by atoms with Crippen molar-refractivity contribution in [1.82, 2.24) is 20.0 Å². The van der Waals surface area contributed by atoms with Crippen LogP contribution in [0.4, 0.5) is 0 Å². The van der Waals surface area contributed by atoms with Crippen molar-refractivity contribution in [3.63, 3.8) is 0 Å². The number of hydrogen-bond donors (Lipinski definition) is 3. The molecule has 3 heterocycles. The topological polar surface area (TPSA) is 61.6 Å². The van der Waals surface area contributed by atoms with Gasteiger partial charge in [0.15, 0.2) is 0 Å².